The van der Waals surface area contributed by atoms with E-state index in [2.05, 4.69) is 0 Å². The average molecular weight is 228 g/mol. The molecule has 0 unspecified atom stereocenters. The molecule has 0 bridgehead atoms. The molecule has 7 heteroatoms. The molecule has 3 nitrogen and oxygen atoms in total. The number of hydrogen-bond acceptors (Lipinski definition) is 2. The van der Waals surface area contributed by atoms with Gasteiger partial charge in [0.25, 0.3) is 10.1 Å². The predicted octanol–water partition coefficient (Wildman–Crippen LogP) is 2.04. The minimum absolute atomic E-state index is 0.0412. The second kappa shape index (κ2) is 3.39. The van der Waals surface area contributed by atoms with Crippen molar-refractivity contribution in [2.24, 2.45) is 0 Å². The molecule has 0 aromatic heterocycles. The minimum Gasteiger partial charge on any atom is -0.282 e. The van der Waals surface area contributed by atoms with E-state index < -0.39 is 26.8 Å². The van der Waals surface area contributed by atoms with Gasteiger partial charge in [-0.1, -0.05) is 6.08 Å². The summed E-state index contributed by atoms with van der Waals surface area (Å²) in [6, 6.07) is 0. The van der Waals surface area contributed by atoms with Gasteiger partial charge in [-0.25, -0.2) is 0 Å². The van der Waals surface area contributed by atoms with Gasteiger partial charge in [0.1, 0.15) is 0 Å². The summed E-state index contributed by atoms with van der Waals surface area (Å²) >= 11 is 0. The fourth-order valence-corrected chi connectivity index (χ4v) is 1.70. The standard InChI is InChI=1S/C7H7F3O3S/c8-7(9,10)5-2-1-3-6(4-5)14(11,12)13/h3-4H,1-2H2,(H,11,12,13). The van der Waals surface area contributed by atoms with Gasteiger partial charge in [0.05, 0.1) is 4.91 Å². The van der Waals surface area contributed by atoms with Crippen molar-refractivity contribution in [1.82, 2.24) is 0 Å². The van der Waals surface area contributed by atoms with E-state index in [1.807, 2.05) is 0 Å². The zero-order chi connectivity index (χ0) is 11.0. The minimum atomic E-state index is -4.54. The van der Waals surface area contributed by atoms with E-state index in [9.17, 15) is 21.6 Å². The number of halogens is 3. The lowest BCUT2D eigenvalue weighted by Gasteiger charge is -2.14. The van der Waals surface area contributed by atoms with Gasteiger partial charge >= 0.3 is 6.18 Å². The van der Waals surface area contributed by atoms with Crippen molar-refractivity contribution in [2.75, 3.05) is 0 Å². The van der Waals surface area contributed by atoms with Gasteiger partial charge in [0.15, 0.2) is 0 Å². The van der Waals surface area contributed by atoms with Crippen LogP contribution in [-0.4, -0.2) is 19.1 Å². The van der Waals surface area contributed by atoms with Crippen LogP contribution in [0, 0.1) is 0 Å². The zero-order valence-electron chi connectivity index (χ0n) is 6.87. The van der Waals surface area contributed by atoms with Gasteiger partial charge in [-0.05, 0) is 18.9 Å². The lowest BCUT2D eigenvalue weighted by atomic mass is 10.1. The molecule has 1 rings (SSSR count). The van der Waals surface area contributed by atoms with E-state index in [1.165, 1.54) is 0 Å². The molecular weight excluding hydrogens is 221 g/mol. The van der Waals surface area contributed by atoms with Crippen molar-refractivity contribution < 1.29 is 26.1 Å². The van der Waals surface area contributed by atoms with Crippen molar-refractivity contribution in [3.05, 3.63) is 22.6 Å². The molecule has 0 aromatic carbocycles. The maximum atomic E-state index is 12.1. The van der Waals surface area contributed by atoms with Gasteiger partial charge in [-0.15, -0.1) is 0 Å². The quantitative estimate of drug-likeness (QED) is 0.699. The van der Waals surface area contributed by atoms with Crippen molar-refractivity contribution in [1.29, 1.82) is 0 Å². The average Bonchev–Trinajstić information content (AvgIpc) is 2.01. The Hall–Kier alpha value is -0.820. The zero-order valence-corrected chi connectivity index (χ0v) is 7.69. The van der Waals surface area contributed by atoms with Crippen LogP contribution in [0.2, 0.25) is 0 Å². The van der Waals surface area contributed by atoms with Crippen LogP contribution in [0.25, 0.3) is 0 Å². The molecule has 1 N–H and O–H groups in total. The van der Waals surface area contributed by atoms with Crippen molar-refractivity contribution >= 4 is 10.1 Å². The van der Waals surface area contributed by atoms with Crippen LogP contribution in [0.1, 0.15) is 12.8 Å². The van der Waals surface area contributed by atoms with E-state index >= 15 is 0 Å². The maximum absolute atomic E-state index is 12.1. The Kier molecular flexibility index (Phi) is 2.73. The summed E-state index contributed by atoms with van der Waals surface area (Å²) in [5, 5.41) is 0. The Morgan fingerprint density at radius 3 is 2.36 bits per heavy atom. The monoisotopic (exact) mass is 228 g/mol. The summed E-state index contributed by atoms with van der Waals surface area (Å²) in [4.78, 5) is -0.684. The molecule has 1 aliphatic rings. The molecule has 0 aromatic rings. The number of hydrogen-bond donors (Lipinski definition) is 1. The smallest absolute Gasteiger partial charge is 0.282 e. The Morgan fingerprint density at radius 1 is 1.36 bits per heavy atom. The molecular formula is C7H7F3O3S. The molecule has 0 aliphatic heterocycles. The van der Waals surface area contributed by atoms with E-state index in [4.69, 9.17) is 4.55 Å². The van der Waals surface area contributed by atoms with Gasteiger partial charge in [0, 0.05) is 5.57 Å². The summed E-state index contributed by atoms with van der Waals surface area (Å²) in [5.41, 5.74) is -0.937. The van der Waals surface area contributed by atoms with Gasteiger partial charge in [0.2, 0.25) is 0 Å². The van der Waals surface area contributed by atoms with Gasteiger partial charge < -0.3 is 0 Å². The van der Waals surface area contributed by atoms with Gasteiger partial charge in [-0.2, -0.15) is 21.6 Å². The molecule has 0 heterocycles. The lowest BCUT2D eigenvalue weighted by Crippen LogP contribution is -2.15. The summed E-state index contributed by atoms with van der Waals surface area (Å²) in [6.07, 6.45) is -3.32. The van der Waals surface area contributed by atoms with Crippen molar-refractivity contribution in [2.45, 2.75) is 19.0 Å². The van der Waals surface area contributed by atoms with E-state index in [1.54, 1.807) is 0 Å². The van der Waals surface area contributed by atoms with Crippen LogP contribution in [0.3, 0.4) is 0 Å². The maximum Gasteiger partial charge on any atom is 0.412 e. The van der Waals surface area contributed by atoms with Crippen LogP contribution in [0.4, 0.5) is 13.2 Å². The third-order valence-electron chi connectivity index (χ3n) is 1.74. The van der Waals surface area contributed by atoms with Crippen LogP contribution in [0.15, 0.2) is 22.6 Å². The summed E-state index contributed by atoms with van der Waals surface area (Å²) in [5.74, 6) is 0. The third-order valence-corrected chi connectivity index (χ3v) is 2.62. The second-order valence-electron chi connectivity index (χ2n) is 2.79. The highest BCUT2D eigenvalue weighted by Gasteiger charge is 2.35. The first kappa shape index (κ1) is 11.3. The number of rotatable bonds is 1. The molecule has 0 saturated heterocycles. The van der Waals surface area contributed by atoms with Crippen LogP contribution < -0.4 is 0 Å². The molecule has 80 valence electrons. The fourth-order valence-electron chi connectivity index (χ4n) is 1.08. The summed E-state index contributed by atoms with van der Waals surface area (Å²) in [6.45, 7) is 0. The highest BCUT2D eigenvalue weighted by Crippen LogP contribution is 2.33. The van der Waals surface area contributed by atoms with Crippen molar-refractivity contribution in [3.63, 3.8) is 0 Å². The first-order valence-electron chi connectivity index (χ1n) is 3.66. The molecule has 14 heavy (non-hydrogen) atoms. The lowest BCUT2D eigenvalue weighted by molar-refractivity contribution is -0.0940. The van der Waals surface area contributed by atoms with E-state index in [-0.39, 0.29) is 12.8 Å². The first-order chi connectivity index (χ1) is 6.21. The summed E-state index contributed by atoms with van der Waals surface area (Å²) < 4.78 is 66.0. The Balaban J connectivity index is 3.07. The van der Waals surface area contributed by atoms with E-state index in [0.717, 1.165) is 6.08 Å². The van der Waals surface area contributed by atoms with Gasteiger partial charge in [-0.3, -0.25) is 4.55 Å². The summed E-state index contributed by atoms with van der Waals surface area (Å²) in [7, 11) is -4.53. The van der Waals surface area contributed by atoms with Crippen LogP contribution >= 0.6 is 0 Å². The predicted molar refractivity (Wildman–Crippen MR) is 43.0 cm³/mol. The highest BCUT2D eigenvalue weighted by molar-refractivity contribution is 7.90. The number of allylic oxidation sites excluding steroid dienone is 3. The molecule has 0 atom stereocenters. The Labute approximate surface area is 78.7 Å². The fraction of sp³-hybridized carbons (Fsp3) is 0.429. The Bertz CT molecular complexity index is 389. The molecule has 0 radical (unpaired) electrons. The molecule has 0 spiro atoms. The highest BCUT2D eigenvalue weighted by atomic mass is 32.2. The molecule has 1 aliphatic carbocycles. The number of alkyl halides is 3. The molecule has 0 amide bonds. The second-order valence-corrected chi connectivity index (χ2v) is 4.21. The molecule has 0 fully saturated rings. The van der Waals surface area contributed by atoms with Crippen LogP contribution in [-0.2, 0) is 10.1 Å². The van der Waals surface area contributed by atoms with E-state index in [0.29, 0.717) is 6.08 Å². The molecule has 0 saturated carbocycles. The normalized spacial score (nSPS) is 18.9. The largest absolute Gasteiger partial charge is 0.412 e. The first-order valence-corrected chi connectivity index (χ1v) is 5.10. The third kappa shape index (κ3) is 2.58. The SMILES string of the molecule is O=S(=O)(O)C1=CCCC(C(F)(F)F)=C1. The topological polar surface area (TPSA) is 54.4 Å². The van der Waals surface area contributed by atoms with Crippen molar-refractivity contribution in [3.8, 4) is 0 Å². The van der Waals surface area contributed by atoms with Crippen LogP contribution in [0.5, 0.6) is 0 Å². The Morgan fingerprint density at radius 2 is 1.93 bits per heavy atom.